The average Bonchev–Trinajstić information content (AvgIpc) is 2.36. The first-order valence-corrected chi connectivity index (χ1v) is 6.68. The van der Waals surface area contributed by atoms with Gasteiger partial charge in [0.05, 0.1) is 5.69 Å². The van der Waals surface area contributed by atoms with Gasteiger partial charge in [-0.2, -0.15) is 5.26 Å². The first-order valence-electron chi connectivity index (χ1n) is 6.68. The Hall–Kier alpha value is -2.21. The topological polar surface area (TPSA) is 49.6 Å². The quantitative estimate of drug-likeness (QED) is 0.785. The molecule has 0 unspecified atom stereocenters. The molecule has 0 amide bonds. The van der Waals surface area contributed by atoms with E-state index in [2.05, 4.69) is 55.9 Å². The summed E-state index contributed by atoms with van der Waals surface area (Å²) in [5.74, 6) is 0.222. The molecule has 20 heavy (non-hydrogen) atoms. The standard InChI is InChI=1S/C17H19N3/c1-11-8-13(17(3,4)5)6-7-14(11)15-9-12(2)19-16(10-18)20-15/h6-9H,1-5H3. The monoisotopic (exact) mass is 265 g/mol. The molecule has 0 atom stereocenters. The van der Waals surface area contributed by atoms with E-state index in [-0.39, 0.29) is 11.2 Å². The number of aryl methyl sites for hydroxylation is 2. The van der Waals surface area contributed by atoms with E-state index in [0.717, 1.165) is 17.0 Å². The minimum Gasteiger partial charge on any atom is -0.224 e. The summed E-state index contributed by atoms with van der Waals surface area (Å²) in [5, 5.41) is 8.98. The van der Waals surface area contributed by atoms with Gasteiger partial charge in [-0.05, 0) is 36.5 Å². The van der Waals surface area contributed by atoms with E-state index in [0.29, 0.717) is 0 Å². The molecule has 0 saturated heterocycles. The third-order valence-corrected chi connectivity index (χ3v) is 3.32. The predicted molar refractivity (Wildman–Crippen MR) is 80.4 cm³/mol. The molecule has 1 aromatic carbocycles. The lowest BCUT2D eigenvalue weighted by Gasteiger charge is -2.20. The molecular formula is C17H19N3. The lowest BCUT2D eigenvalue weighted by molar-refractivity contribution is 0.590. The molecule has 2 rings (SSSR count). The third kappa shape index (κ3) is 2.85. The summed E-state index contributed by atoms with van der Waals surface area (Å²) >= 11 is 0. The van der Waals surface area contributed by atoms with Crippen molar-refractivity contribution in [2.24, 2.45) is 0 Å². The zero-order valence-electron chi connectivity index (χ0n) is 12.7. The van der Waals surface area contributed by atoms with Crippen LogP contribution in [0.15, 0.2) is 24.3 Å². The molecular weight excluding hydrogens is 246 g/mol. The molecule has 0 aliphatic carbocycles. The van der Waals surface area contributed by atoms with Gasteiger partial charge in [-0.1, -0.05) is 39.0 Å². The molecule has 0 aliphatic heterocycles. The van der Waals surface area contributed by atoms with Crippen LogP contribution in [0.4, 0.5) is 0 Å². The Bertz CT molecular complexity index is 688. The van der Waals surface area contributed by atoms with Crippen LogP contribution < -0.4 is 0 Å². The first-order chi connectivity index (χ1) is 9.31. The minimum atomic E-state index is 0.128. The smallest absolute Gasteiger partial charge is 0.224 e. The summed E-state index contributed by atoms with van der Waals surface area (Å²) in [5.41, 5.74) is 5.27. The summed E-state index contributed by atoms with van der Waals surface area (Å²) in [7, 11) is 0. The first kappa shape index (κ1) is 14.2. The number of hydrogen-bond donors (Lipinski definition) is 0. The fourth-order valence-corrected chi connectivity index (χ4v) is 2.17. The highest BCUT2D eigenvalue weighted by atomic mass is 14.9. The van der Waals surface area contributed by atoms with Crippen molar-refractivity contribution in [2.45, 2.75) is 40.0 Å². The number of aromatic nitrogens is 2. The molecule has 3 heteroatoms. The predicted octanol–water partition coefficient (Wildman–Crippen LogP) is 3.93. The van der Waals surface area contributed by atoms with E-state index in [4.69, 9.17) is 5.26 Å². The minimum absolute atomic E-state index is 0.128. The maximum atomic E-state index is 8.98. The molecule has 1 aromatic heterocycles. The summed E-state index contributed by atoms with van der Waals surface area (Å²) in [6, 6.07) is 10.3. The lowest BCUT2D eigenvalue weighted by Crippen LogP contribution is -2.11. The normalized spacial score (nSPS) is 11.2. The van der Waals surface area contributed by atoms with Gasteiger partial charge in [0.2, 0.25) is 5.82 Å². The number of nitriles is 1. The van der Waals surface area contributed by atoms with Gasteiger partial charge in [-0.25, -0.2) is 9.97 Å². The molecule has 0 fully saturated rings. The Labute approximate surface area is 120 Å². The van der Waals surface area contributed by atoms with Crippen molar-refractivity contribution in [3.63, 3.8) is 0 Å². The van der Waals surface area contributed by atoms with E-state index >= 15 is 0 Å². The van der Waals surface area contributed by atoms with Crippen LogP contribution in [0.25, 0.3) is 11.3 Å². The van der Waals surface area contributed by atoms with Gasteiger partial charge in [-0.15, -0.1) is 0 Å². The zero-order chi connectivity index (χ0) is 14.9. The molecule has 2 aromatic rings. The van der Waals surface area contributed by atoms with E-state index in [1.54, 1.807) is 0 Å². The van der Waals surface area contributed by atoms with Crippen molar-refractivity contribution in [3.05, 3.63) is 46.9 Å². The number of hydrogen-bond acceptors (Lipinski definition) is 3. The highest BCUT2D eigenvalue weighted by Gasteiger charge is 2.15. The van der Waals surface area contributed by atoms with Crippen LogP contribution in [0.1, 0.15) is 43.4 Å². The summed E-state index contributed by atoms with van der Waals surface area (Å²) in [4.78, 5) is 8.39. The van der Waals surface area contributed by atoms with Crippen LogP contribution in [0.3, 0.4) is 0 Å². The molecule has 0 bridgehead atoms. The Morgan fingerprint density at radius 3 is 2.30 bits per heavy atom. The van der Waals surface area contributed by atoms with E-state index < -0.39 is 0 Å². The second-order valence-electron chi connectivity index (χ2n) is 6.11. The largest absolute Gasteiger partial charge is 0.232 e. The summed E-state index contributed by atoms with van der Waals surface area (Å²) in [6.45, 7) is 10.6. The summed E-state index contributed by atoms with van der Waals surface area (Å²) < 4.78 is 0. The highest BCUT2D eigenvalue weighted by Crippen LogP contribution is 2.28. The van der Waals surface area contributed by atoms with Crippen LogP contribution in [0, 0.1) is 25.2 Å². The van der Waals surface area contributed by atoms with Gasteiger partial charge < -0.3 is 0 Å². The van der Waals surface area contributed by atoms with Crippen LogP contribution in [-0.4, -0.2) is 9.97 Å². The maximum Gasteiger partial charge on any atom is 0.232 e. The van der Waals surface area contributed by atoms with Crippen LogP contribution in [0.5, 0.6) is 0 Å². The Morgan fingerprint density at radius 2 is 1.75 bits per heavy atom. The third-order valence-electron chi connectivity index (χ3n) is 3.32. The van der Waals surface area contributed by atoms with Crippen LogP contribution >= 0.6 is 0 Å². The van der Waals surface area contributed by atoms with Crippen LogP contribution in [-0.2, 0) is 5.41 Å². The van der Waals surface area contributed by atoms with Gasteiger partial charge >= 0.3 is 0 Å². The van der Waals surface area contributed by atoms with Gasteiger partial charge in [0.15, 0.2) is 0 Å². The molecule has 0 saturated carbocycles. The Balaban J connectivity index is 2.55. The fourth-order valence-electron chi connectivity index (χ4n) is 2.17. The van der Waals surface area contributed by atoms with Crippen molar-refractivity contribution in [1.29, 1.82) is 5.26 Å². The molecule has 102 valence electrons. The van der Waals surface area contributed by atoms with E-state index in [9.17, 15) is 0 Å². The highest BCUT2D eigenvalue weighted by molar-refractivity contribution is 5.64. The molecule has 0 N–H and O–H groups in total. The number of benzene rings is 1. The summed E-state index contributed by atoms with van der Waals surface area (Å²) in [6.07, 6.45) is 0. The molecule has 3 nitrogen and oxygen atoms in total. The Kier molecular flexibility index (Phi) is 3.59. The molecule has 1 heterocycles. The van der Waals surface area contributed by atoms with Crippen molar-refractivity contribution in [3.8, 4) is 17.3 Å². The fraction of sp³-hybridized carbons (Fsp3) is 0.353. The van der Waals surface area contributed by atoms with Crippen molar-refractivity contribution in [2.75, 3.05) is 0 Å². The second-order valence-corrected chi connectivity index (χ2v) is 6.11. The van der Waals surface area contributed by atoms with E-state index in [1.165, 1.54) is 11.1 Å². The molecule has 0 aliphatic rings. The van der Waals surface area contributed by atoms with Gasteiger partial charge in [0.1, 0.15) is 6.07 Å². The van der Waals surface area contributed by atoms with E-state index in [1.807, 2.05) is 19.1 Å². The number of rotatable bonds is 1. The van der Waals surface area contributed by atoms with Crippen molar-refractivity contribution < 1.29 is 0 Å². The van der Waals surface area contributed by atoms with Gasteiger partial charge in [-0.3, -0.25) is 0 Å². The Morgan fingerprint density at radius 1 is 1.05 bits per heavy atom. The lowest BCUT2D eigenvalue weighted by atomic mass is 9.85. The number of nitrogens with zero attached hydrogens (tertiary/aromatic N) is 3. The molecule has 0 spiro atoms. The van der Waals surface area contributed by atoms with Crippen molar-refractivity contribution >= 4 is 0 Å². The molecule has 0 radical (unpaired) electrons. The average molecular weight is 265 g/mol. The second kappa shape index (κ2) is 5.05. The SMILES string of the molecule is Cc1cc(-c2ccc(C(C)(C)C)cc2C)nc(C#N)n1. The maximum absolute atomic E-state index is 8.98. The van der Waals surface area contributed by atoms with Gasteiger partial charge in [0, 0.05) is 11.3 Å². The van der Waals surface area contributed by atoms with Crippen LogP contribution in [0.2, 0.25) is 0 Å². The van der Waals surface area contributed by atoms with Gasteiger partial charge in [0.25, 0.3) is 0 Å². The van der Waals surface area contributed by atoms with Crippen molar-refractivity contribution in [1.82, 2.24) is 9.97 Å². The zero-order valence-corrected chi connectivity index (χ0v) is 12.7.